The minimum atomic E-state index is -0.311. The number of anilines is 1. The molecule has 0 fully saturated rings. The lowest BCUT2D eigenvalue weighted by molar-refractivity contribution is -0.117. The first-order valence-electron chi connectivity index (χ1n) is 6.99. The summed E-state index contributed by atoms with van der Waals surface area (Å²) in [6.07, 6.45) is 1.86. The number of fused-ring (bicyclic) bond motifs is 1. The second kappa shape index (κ2) is 6.53. The number of hydrogen-bond acceptors (Lipinski definition) is 5. The molecule has 2 heterocycles. The zero-order chi connectivity index (χ0) is 15.4. The minimum Gasteiger partial charge on any atom is -0.370 e. The van der Waals surface area contributed by atoms with Crippen LogP contribution in [0.25, 0.3) is 10.2 Å². The summed E-state index contributed by atoms with van der Waals surface area (Å²) in [6.45, 7) is 1.21. The standard InChI is InChI=1S/C16H16N4OS/c17-14(21)6-8-20(10-12-4-2-1-3-5-12)15-13-7-9-22-16(13)19-11-18-15/h1-5,7,9,11H,6,8,10H2,(H2,17,21). The number of aromatic nitrogens is 2. The van der Waals surface area contributed by atoms with Crippen LogP contribution in [0.4, 0.5) is 5.82 Å². The number of carbonyl (C=O) groups is 1. The van der Waals surface area contributed by atoms with Gasteiger partial charge in [0.05, 0.1) is 5.39 Å². The molecule has 0 saturated carbocycles. The predicted molar refractivity (Wildman–Crippen MR) is 88.7 cm³/mol. The van der Waals surface area contributed by atoms with E-state index in [1.54, 1.807) is 17.7 Å². The van der Waals surface area contributed by atoms with Gasteiger partial charge in [-0.2, -0.15) is 0 Å². The maximum absolute atomic E-state index is 11.2. The van der Waals surface area contributed by atoms with Crippen LogP contribution in [0.5, 0.6) is 0 Å². The van der Waals surface area contributed by atoms with E-state index < -0.39 is 0 Å². The van der Waals surface area contributed by atoms with Crippen molar-refractivity contribution >= 4 is 33.3 Å². The average molecular weight is 312 g/mol. The van der Waals surface area contributed by atoms with Crippen LogP contribution in [0.1, 0.15) is 12.0 Å². The first-order valence-corrected chi connectivity index (χ1v) is 7.87. The van der Waals surface area contributed by atoms with Gasteiger partial charge >= 0.3 is 0 Å². The van der Waals surface area contributed by atoms with Gasteiger partial charge in [-0.1, -0.05) is 30.3 Å². The Balaban J connectivity index is 1.93. The molecule has 3 aromatic rings. The normalized spacial score (nSPS) is 10.7. The Hall–Kier alpha value is -2.47. The lowest BCUT2D eigenvalue weighted by Crippen LogP contribution is -2.28. The van der Waals surface area contributed by atoms with E-state index in [4.69, 9.17) is 5.73 Å². The summed E-state index contributed by atoms with van der Waals surface area (Å²) in [7, 11) is 0. The second-order valence-corrected chi connectivity index (χ2v) is 5.85. The van der Waals surface area contributed by atoms with E-state index in [1.165, 1.54) is 0 Å². The summed E-state index contributed by atoms with van der Waals surface area (Å²) in [5, 5.41) is 3.00. The number of thiophene rings is 1. The summed E-state index contributed by atoms with van der Waals surface area (Å²) in [5.74, 6) is 0.532. The third-order valence-electron chi connectivity index (χ3n) is 3.38. The molecule has 112 valence electrons. The van der Waals surface area contributed by atoms with E-state index in [0.29, 0.717) is 19.5 Å². The number of primary amides is 1. The van der Waals surface area contributed by atoms with Crippen molar-refractivity contribution in [2.45, 2.75) is 13.0 Å². The van der Waals surface area contributed by atoms with Gasteiger partial charge in [0.1, 0.15) is 17.0 Å². The number of benzene rings is 1. The summed E-state index contributed by atoms with van der Waals surface area (Å²) < 4.78 is 0. The molecule has 2 aromatic heterocycles. The van der Waals surface area contributed by atoms with E-state index in [9.17, 15) is 4.79 Å². The molecule has 0 radical (unpaired) electrons. The molecule has 0 bridgehead atoms. The Morgan fingerprint density at radius 2 is 2.00 bits per heavy atom. The molecule has 1 amide bonds. The number of nitrogens with two attached hydrogens (primary N) is 1. The molecule has 22 heavy (non-hydrogen) atoms. The number of nitrogens with zero attached hydrogens (tertiary/aromatic N) is 3. The molecule has 2 N–H and O–H groups in total. The van der Waals surface area contributed by atoms with Crippen LogP contribution < -0.4 is 10.6 Å². The van der Waals surface area contributed by atoms with Crippen LogP contribution in [0.3, 0.4) is 0 Å². The third kappa shape index (κ3) is 3.23. The van der Waals surface area contributed by atoms with Gasteiger partial charge in [-0.05, 0) is 17.0 Å². The van der Waals surface area contributed by atoms with Crippen molar-refractivity contribution in [3.8, 4) is 0 Å². The van der Waals surface area contributed by atoms with Crippen molar-refractivity contribution in [1.29, 1.82) is 0 Å². The largest absolute Gasteiger partial charge is 0.370 e. The highest BCUT2D eigenvalue weighted by molar-refractivity contribution is 7.16. The summed E-state index contributed by atoms with van der Waals surface area (Å²) in [5.41, 5.74) is 6.47. The average Bonchev–Trinajstić information content (AvgIpc) is 3.01. The maximum atomic E-state index is 11.2. The molecule has 6 heteroatoms. The summed E-state index contributed by atoms with van der Waals surface area (Å²) in [4.78, 5) is 22.9. The SMILES string of the molecule is NC(=O)CCN(Cc1ccccc1)c1ncnc2sccc12. The van der Waals surface area contributed by atoms with Gasteiger partial charge in [0.25, 0.3) is 0 Å². The van der Waals surface area contributed by atoms with E-state index in [1.807, 2.05) is 29.6 Å². The fourth-order valence-corrected chi connectivity index (χ4v) is 3.07. The Morgan fingerprint density at radius 1 is 1.18 bits per heavy atom. The van der Waals surface area contributed by atoms with Crippen LogP contribution in [0.2, 0.25) is 0 Å². The number of hydrogen-bond donors (Lipinski definition) is 1. The fraction of sp³-hybridized carbons (Fsp3) is 0.188. The smallest absolute Gasteiger partial charge is 0.219 e. The fourth-order valence-electron chi connectivity index (χ4n) is 2.34. The first kappa shape index (κ1) is 14.5. The van der Waals surface area contributed by atoms with Crippen LogP contribution >= 0.6 is 11.3 Å². The molecule has 0 aliphatic heterocycles. The van der Waals surface area contributed by atoms with Crippen molar-refractivity contribution in [1.82, 2.24) is 9.97 Å². The molecule has 0 saturated heterocycles. The Labute approximate surface area is 132 Å². The number of rotatable bonds is 6. The Morgan fingerprint density at radius 3 is 2.77 bits per heavy atom. The summed E-state index contributed by atoms with van der Waals surface area (Å²) >= 11 is 1.58. The highest BCUT2D eigenvalue weighted by atomic mass is 32.1. The third-order valence-corrected chi connectivity index (χ3v) is 4.21. The lowest BCUT2D eigenvalue weighted by atomic mass is 10.2. The van der Waals surface area contributed by atoms with Gasteiger partial charge in [0.2, 0.25) is 5.91 Å². The van der Waals surface area contributed by atoms with Crippen molar-refractivity contribution in [2.24, 2.45) is 5.73 Å². The van der Waals surface area contributed by atoms with E-state index in [2.05, 4.69) is 27.0 Å². The zero-order valence-electron chi connectivity index (χ0n) is 12.0. The van der Waals surface area contributed by atoms with Gasteiger partial charge in [-0.15, -0.1) is 11.3 Å². The van der Waals surface area contributed by atoms with E-state index in [-0.39, 0.29) is 5.91 Å². The zero-order valence-corrected chi connectivity index (χ0v) is 12.8. The lowest BCUT2D eigenvalue weighted by Gasteiger charge is -2.24. The molecule has 0 atom stereocenters. The van der Waals surface area contributed by atoms with Gasteiger partial charge in [0, 0.05) is 19.5 Å². The number of amides is 1. The van der Waals surface area contributed by atoms with Crippen molar-refractivity contribution < 1.29 is 4.79 Å². The number of carbonyl (C=O) groups excluding carboxylic acids is 1. The monoisotopic (exact) mass is 312 g/mol. The van der Waals surface area contributed by atoms with Crippen LogP contribution in [0, 0.1) is 0 Å². The molecular weight excluding hydrogens is 296 g/mol. The Bertz CT molecular complexity index is 772. The predicted octanol–water partition coefficient (Wildman–Crippen LogP) is 2.57. The first-order chi connectivity index (χ1) is 10.7. The van der Waals surface area contributed by atoms with Gasteiger partial charge < -0.3 is 10.6 Å². The van der Waals surface area contributed by atoms with E-state index >= 15 is 0 Å². The van der Waals surface area contributed by atoms with Gasteiger partial charge in [-0.3, -0.25) is 4.79 Å². The maximum Gasteiger partial charge on any atom is 0.219 e. The Kier molecular flexibility index (Phi) is 4.29. The molecule has 0 unspecified atom stereocenters. The van der Waals surface area contributed by atoms with Crippen LogP contribution in [-0.4, -0.2) is 22.4 Å². The molecule has 1 aromatic carbocycles. The molecule has 3 rings (SSSR count). The van der Waals surface area contributed by atoms with Crippen LogP contribution in [0.15, 0.2) is 48.1 Å². The molecule has 0 spiro atoms. The van der Waals surface area contributed by atoms with E-state index in [0.717, 1.165) is 21.6 Å². The second-order valence-electron chi connectivity index (χ2n) is 4.96. The quantitative estimate of drug-likeness (QED) is 0.759. The van der Waals surface area contributed by atoms with Gasteiger partial charge in [0.15, 0.2) is 0 Å². The van der Waals surface area contributed by atoms with Crippen LogP contribution in [-0.2, 0) is 11.3 Å². The molecule has 0 aliphatic rings. The highest BCUT2D eigenvalue weighted by Crippen LogP contribution is 2.27. The van der Waals surface area contributed by atoms with Crippen molar-refractivity contribution in [3.05, 3.63) is 53.7 Å². The molecular formula is C16H16N4OS. The highest BCUT2D eigenvalue weighted by Gasteiger charge is 2.14. The molecule has 5 nitrogen and oxygen atoms in total. The van der Waals surface area contributed by atoms with Crippen molar-refractivity contribution in [2.75, 3.05) is 11.4 Å². The summed E-state index contributed by atoms with van der Waals surface area (Å²) in [6, 6.07) is 12.1. The molecule has 0 aliphatic carbocycles. The topological polar surface area (TPSA) is 72.1 Å². The van der Waals surface area contributed by atoms with Crippen molar-refractivity contribution in [3.63, 3.8) is 0 Å². The minimum absolute atomic E-state index is 0.294. The van der Waals surface area contributed by atoms with Gasteiger partial charge in [-0.25, -0.2) is 9.97 Å².